The third kappa shape index (κ3) is 1.63. The second-order valence-electron chi connectivity index (χ2n) is 2.80. The van der Waals surface area contributed by atoms with Gasteiger partial charge in [-0.05, 0) is 13.0 Å². The number of aryl methyl sites for hydroxylation is 1. The van der Waals surface area contributed by atoms with Gasteiger partial charge in [-0.15, -0.1) is 0 Å². The van der Waals surface area contributed by atoms with Crippen molar-refractivity contribution in [2.75, 3.05) is 5.32 Å². The summed E-state index contributed by atoms with van der Waals surface area (Å²) in [5.74, 6) is 1.00. The fraction of sp³-hybridized carbons (Fsp3) is 0.125. The Hall–Kier alpha value is -2.11. The lowest BCUT2D eigenvalue weighted by Crippen LogP contribution is -2.12. The highest BCUT2D eigenvalue weighted by atomic mass is 16.2. The van der Waals surface area contributed by atoms with Gasteiger partial charge in [0.15, 0.2) is 5.82 Å². The summed E-state index contributed by atoms with van der Waals surface area (Å²) >= 11 is 0. The second kappa shape index (κ2) is 3.33. The van der Waals surface area contributed by atoms with Crippen molar-refractivity contribution in [2.45, 2.75) is 6.92 Å². The molecule has 2 aromatic heterocycles. The van der Waals surface area contributed by atoms with E-state index in [2.05, 4.69) is 25.5 Å². The Morgan fingerprint density at radius 2 is 2.43 bits per heavy atom. The molecule has 0 aliphatic rings. The van der Waals surface area contributed by atoms with Crippen molar-refractivity contribution in [2.24, 2.45) is 0 Å². The number of carbonyl (C=O) groups excluding carboxylic acids is 1. The molecule has 0 spiro atoms. The van der Waals surface area contributed by atoms with Crippen LogP contribution in [0.3, 0.4) is 0 Å². The summed E-state index contributed by atoms with van der Waals surface area (Å²) in [7, 11) is 0. The monoisotopic (exact) mass is 191 g/mol. The molecule has 0 radical (unpaired) electrons. The Bertz CT molecular complexity index is 430. The molecule has 2 aromatic rings. The SMILES string of the molecule is Cc1nc(NC(=O)c2ccn[nH]2)c[nH]1. The van der Waals surface area contributed by atoms with E-state index in [4.69, 9.17) is 0 Å². The first-order chi connectivity index (χ1) is 6.75. The summed E-state index contributed by atoms with van der Waals surface area (Å²) in [6.07, 6.45) is 3.15. The molecule has 0 aromatic carbocycles. The minimum absolute atomic E-state index is 0.256. The maximum atomic E-state index is 11.4. The maximum Gasteiger partial charge on any atom is 0.274 e. The normalized spacial score (nSPS) is 10.1. The first-order valence-corrected chi connectivity index (χ1v) is 4.08. The number of amides is 1. The van der Waals surface area contributed by atoms with Crippen molar-refractivity contribution in [1.29, 1.82) is 0 Å². The number of imidazole rings is 1. The Morgan fingerprint density at radius 1 is 1.57 bits per heavy atom. The van der Waals surface area contributed by atoms with Crippen LogP contribution in [0, 0.1) is 6.92 Å². The van der Waals surface area contributed by atoms with E-state index in [0.29, 0.717) is 11.5 Å². The predicted octanol–water partition coefficient (Wildman–Crippen LogP) is 0.694. The largest absolute Gasteiger partial charge is 0.347 e. The molecular formula is C8H9N5O. The Labute approximate surface area is 79.8 Å². The van der Waals surface area contributed by atoms with Crippen LogP contribution in [0.5, 0.6) is 0 Å². The van der Waals surface area contributed by atoms with Gasteiger partial charge in [-0.2, -0.15) is 5.10 Å². The standard InChI is InChI=1S/C8H9N5O/c1-5-9-4-7(11-5)12-8(14)6-2-3-10-13-6/h2-4H,1H3,(H,9,11)(H,10,13)(H,12,14). The summed E-state index contributed by atoms with van der Waals surface area (Å²) in [5.41, 5.74) is 0.408. The van der Waals surface area contributed by atoms with Gasteiger partial charge in [0, 0.05) is 12.4 Å². The first-order valence-electron chi connectivity index (χ1n) is 4.08. The van der Waals surface area contributed by atoms with Crippen LogP contribution in [0.15, 0.2) is 18.5 Å². The average Bonchev–Trinajstić information content (AvgIpc) is 2.75. The molecule has 0 atom stereocenters. The Morgan fingerprint density at radius 3 is 3.00 bits per heavy atom. The summed E-state index contributed by atoms with van der Waals surface area (Å²) in [6, 6.07) is 1.59. The summed E-state index contributed by atoms with van der Waals surface area (Å²) in [5, 5.41) is 8.85. The van der Waals surface area contributed by atoms with Crippen molar-refractivity contribution in [3.63, 3.8) is 0 Å². The van der Waals surface area contributed by atoms with Crippen LogP contribution in [-0.2, 0) is 0 Å². The van der Waals surface area contributed by atoms with Crippen molar-refractivity contribution in [3.05, 3.63) is 30.0 Å². The lowest BCUT2D eigenvalue weighted by molar-refractivity contribution is 0.102. The zero-order chi connectivity index (χ0) is 9.97. The first kappa shape index (κ1) is 8.49. The van der Waals surface area contributed by atoms with Gasteiger partial charge < -0.3 is 10.3 Å². The highest BCUT2D eigenvalue weighted by molar-refractivity contribution is 6.02. The van der Waals surface area contributed by atoms with Crippen LogP contribution in [0.4, 0.5) is 5.82 Å². The molecule has 0 unspecified atom stereocenters. The Kier molecular flexibility index (Phi) is 2.02. The van der Waals surface area contributed by atoms with Gasteiger partial charge in [0.05, 0.1) is 0 Å². The fourth-order valence-electron chi connectivity index (χ4n) is 1.05. The third-order valence-electron chi connectivity index (χ3n) is 1.69. The van der Waals surface area contributed by atoms with Gasteiger partial charge >= 0.3 is 0 Å². The Balaban J connectivity index is 2.09. The molecular weight excluding hydrogens is 182 g/mol. The van der Waals surface area contributed by atoms with Crippen molar-refractivity contribution in [3.8, 4) is 0 Å². The highest BCUT2D eigenvalue weighted by Crippen LogP contribution is 2.04. The third-order valence-corrected chi connectivity index (χ3v) is 1.69. The number of rotatable bonds is 2. The molecule has 0 bridgehead atoms. The van der Waals surface area contributed by atoms with Crippen LogP contribution < -0.4 is 5.32 Å². The average molecular weight is 191 g/mol. The van der Waals surface area contributed by atoms with Crippen molar-refractivity contribution >= 4 is 11.7 Å². The maximum absolute atomic E-state index is 11.4. The van der Waals surface area contributed by atoms with E-state index in [1.165, 1.54) is 6.20 Å². The van der Waals surface area contributed by atoms with Gasteiger partial charge in [-0.1, -0.05) is 0 Å². The van der Waals surface area contributed by atoms with Gasteiger partial charge in [0.1, 0.15) is 11.5 Å². The number of anilines is 1. The number of nitrogens with zero attached hydrogens (tertiary/aromatic N) is 2. The topological polar surface area (TPSA) is 86.5 Å². The number of H-pyrrole nitrogens is 2. The molecule has 2 rings (SSSR count). The molecule has 14 heavy (non-hydrogen) atoms. The predicted molar refractivity (Wildman–Crippen MR) is 49.9 cm³/mol. The molecule has 1 amide bonds. The van der Waals surface area contributed by atoms with E-state index in [1.807, 2.05) is 6.92 Å². The van der Waals surface area contributed by atoms with Crippen LogP contribution in [-0.4, -0.2) is 26.1 Å². The van der Waals surface area contributed by atoms with Crippen LogP contribution in [0.1, 0.15) is 16.3 Å². The molecule has 2 heterocycles. The zero-order valence-corrected chi connectivity index (χ0v) is 7.53. The molecule has 6 heteroatoms. The quantitative estimate of drug-likeness (QED) is 0.652. The second-order valence-corrected chi connectivity index (χ2v) is 2.80. The van der Waals surface area contributed by atoms with Gasteiger partial charge in [0.2, 0.25) is 0 Å². The minimum atomic E-state index is -0.256. The number of carbonyl (C=O) groups is 1. The number of hydrogen-bond acceptors (Lipinski definition) is 3. The van der Waals surface area contributed by atoms with Crippen LogP contribution >= 0.6 is 0 Å². The van der Waals surface area contributed by atoms with Crippen LogP contribution in [0.2, 0.25) is 0 Å². The van der Waals surface area contributed by atoms with Gasteiger partial charge in [-0.25, -0.2) is 4.98 Å². The minimum Gasteiger partial charge on any atom is -0.347 e. The van der Waals surface area contributed by atoms with E-state index in [0.717, 1.165) is 5.82 Å². The van der Waals surface area contributed by atoms with E-state index < -0.39 is 0 Å². The fourth-order valence-corrected chi connectivity index (χ4v) is 1.05. The van der Waals surface area contributed by atoms with Gasteiger partial charge in [0.25, 0.3) is 5.91 Å². The molecule has 0 fully saturated rings. The van der Waals surface area contributed by atoms with E-state index >= 15 is 0 Å². The lowest BCUT2D eigenvalue weighted by atomic mass is 10.4. The van der Waals surface area contributed by atoms with Crippen LogP contribution in [0.25, 0.3) is 0 Å². The van der Waals surface area contributed by atoms with Gasteiger partial charge in [-0.3, -0.25) is 9.89 Å². The number of aromatic amines is 2. The molecule has 72 valence electrons. The highest BCUT2D eigenvalue weighted by Gasteiger charge is 2.07. The summed E-state index contributed by atoms with van der Waals surface area (Å²) < 4.78 is 0. The van der Waals surface area contributed by atoms with E-state index in [1.54, 1.807) is 12.3 Å². The lowest BCUT2D eigenvalue weighted by Gasteiger charge is -1.97. The molecule has 6 nitrogen and oxygen atoms in total. The van der Waals surface area contributed by atoms with Crippen molar-refractivity contribution in [1.82, 2.24) is 20.2 Å². The van der Waals surface area contributed by atoms with E-state index in [-0.39, 0.29) is 5.91 Å². The number of aromatic nitrogens is 4. The molecule has 0 saturated carbocycles. The molecule has 0 saturated heterocycles. The number of hydrogen-bond donors (Lipinski definition) is 3. The van der Waals surface area contributed by atoms with E-state index in [9.17, 15) is 4.79 Å². The zero-order valence-electron chi connectivity index (χ0n) is 7.53. The number of nitrogens with one attached hydrogen (secondary N) is 3. The molecule has 0 aliphatic heterocycles. The molecule has 0 aliphatic carbocycles. The summed E-state index contributed by atoms with van der Waals surface area (Å²) in [6.45, 7) is 1.81. The van der Waals surface area contributed by atoms with Crippen molar-refractivity contribution < 1.29 is 4.79 Å². The molecule has 3 N–H and O–H groups in total. The summed E-state index contributed by atoms with van der Waals surface area (Å²) in [4.78, 5) is 18.4. The smallest absolute Gasteiger partial charge is 0.274 e.